The molecule has 0 heterocycles. The topological polar surface area (TPSA) is 27.6 Å². The second-order valence-electron chi connectivity index (χ2n) is 4.83. The second kappa shape index (κ2) is 9.14. The summed E-state index contributed by atoms with van der Waals surface area (Å²) in [6.07, 6.45) is 2.35. The smallest absolute Gasteiger partial charge is 0.113 e. The molecule has 0 bridgehead atoms. The molecule has 0 amide bonds. The van der Waals surface area contributed by atoms with Gasteiger partial charge in [0.25, 0.3) is 0 Å². The van der Waals surface area contributed by atoms with E-state index in [0.717, 1.165) is 12.4 Å². The lowest BCUT2D eigenvalue weighted by Gasteiger charge is -2.28. The van der Waals surface area contributed by atoms with Crippen molar-refractivity contribution in [2.45, 2.75) is 56.5 Å². The Labute approximate surface area is 121 Å². The zero-order valence-electron chi connectivity index (χ0n) is 12.1. The van der Waals surface area contributed by atoms with Crippen LogP contribution in [0, 0.1) is 0 Å². The van der Waals surface area contributed by atoms with E-state index in [-0.39, 0.29) is 0 Å². The maximum absolute atomic E-state index is 4.40. The van der Waals surface area contributed by atoms with Crippen LogP contribution in [0.2, 0.25) is 0 Å². The molecular weight excluding hydrogens is 325 g/mol. The third-order valence-electron chi connectivity index (χ3n) is 2.95. The Hall–Kier alpha value is 0.160. The van der Waals surface area contributed by atoms with Gasteiger partial charge in [-0.1, -0.05) is 36.4 Å². The Balaban J connectivity index is 4.33. The van der Waals surface area contributed by atoms with E-state index in [1.54, 1.807) is 0 Å². The Bertz CT molecular complexity index is 229. The van der Waals surface area contributed by atoms with Gasteiger partial charge in [-0.2, -0.15) is 0 Å². The summed E-state index contributed by atoms with van der Waals surface area (Å²) >= 11 is 2.47. The normalized spacial score (nSPS) is 18.0. The Morgan fingerprint density at radius 3 is 2.35 bits per heavy atom. The van der Waals surface area contributed by atoms with Gasteiger partial charge in [-0.25, -0.2) is 0 Å². The first-order valence-corrected chi connectivity index (χ1v) is 7.74. The molecule has 3 atom stereocenters. The highest BCUT2D eigenvalue weighted by Crippen LogP contribution is 2.08. The van der Waals surface area contributed by atoms with Gasteiger partial charge in [0.15, 0.2) is 0 Å². The number of hydrogen-bond acceptors (Lipinski definition) is 2. The van der Waals surface area contributed by atoms with Crippen LogP contribution in [0.3, 0.4) is 0 Å². The fourth-order valence-corrected chi connectivity index (χ4v) is 2.69. The zero-order valence-corrected chi connectivity index (χ0v) is 14.3. The zero-order chi connectivity index (χ0) is 13.4. The molecule has 1 N–H and O–H groups in total. The van der Waals surface area contributed by atoms with Crippen molar-refractivity contribution in [3.05, 3.63) is 0 Å². The highest BCUT2D eigenvalue weighted by Gasteiger charge is 2.17. The predicted molar refractivity (Wildman–Crippen MR) is 86.4 cm³/mol. The summed E-state index contributed by atoms with van der Waals surface area (Å²) < 4.78 is 0.692. The van der Waals surface area contributed by atoms with Crippen molar-refractivity contribution in [2.24, 2.45) is 4.99 Å². The molecule has 0 unspecified atom stereocenters. The molecule has 102 valence electrons. The Kier molecular flexibility index (Phi) is 9.22. The van der Waals surface area contributed by atoms with E-state index >= 15 is 0 Å². The van der Waals surface area contributed by atoms with Crippen LogP contribution in [-0.2, 0) is 0 Å². The van der Waals surface area contributed by atoms with Crippen molar-refractivity contribution in [2.75, 3.05) is 20.6 Å². The van der Waals surface area contributed by atoms with Crippen LogP contribution in [0.1, 0.15) is 40.5 Å². The largest absolute Gasteiger partial charge is 0.370 e. The predicted octanol–water partition coefficient (Wildman–Crippen LogP) is 2.94. The molecule has 0 aromatic carbocycles. The third-order valence-corrected chi connectivity index (χ3v) is 3.46. The van der Waals surface area contributed by atoms with E-state index in [1.807, 2.05) is 7.05 Å². The Morgan fingerprint density at radius 1 is 1.35 bits per heavy atom. The van der Waals surface area contributed by atoms with Crippen molar-refractivity contribution in [3.8, 4) is 0 Å². The van der Waals surface area contributed by atoms with E-state index in [4.69, 9.17) is 0 Å². The van der Waals surface area contributed by atoms with Crippen LogP contribution < -0.4 is 5.32 Å². The summed E-state index contributed by atoms with van der Waals surface area (Å²) in [6.45, 7) is 10.0. The number of rotatable bonds is 7. The van der Waals surface area contributed by atoms with Gasteiger partial charge in [0.05, 0.1) is 6.04 Å². The quantitative estimate of drug-likeness (QED) is 0.330. The fourth-order valence-electron chi connectivity index (χ4n) is 1.93. The van der Waals surface area contributed by atoms with Gasteiger partial charge >= 0.3 is 0 Å². The summed E-state index contributed by atoms with van der Waals surface area (Å²) in [7, 11) is 4.03. The van der Waals surface area contributed by atoms with Crippen molar-refractivity contribution in [3.63, 3.8) is 0 Å². The van der Waals surface area contributed by atoms with E-state index in [1.165, 1.54) is 12.8 Å². The van der Waals surface area contributed by atoms with Gasteiger partial charge in [0, 0.05) is 17.0 Å². The van der Waals surface area contributed by atoms with Crippen LogP contribution in [0.4, 0.5) is 0 Å². The minimum absolute atomic E-state index is 0.368. The SMILES string of the molecule is CCCN(C)[C@@H](C)C(=NC)N[C@H](C)C[C@@H](C)I. The molecule has 0 aromatic rings. The van der Waals surface area contributed by atoms with Gasteiger partial charge in [0.1, 0.15) is 5.84 Å². The number of amidine groups is 1. The van der Waals surface area contributed by atoms with Gasteiger partial charge in [-0.05, 0) is 40.3 Å². The summed E-state index contributed by atoms with van der Waals surface area (Å²) in [5, 5.41) is 3.54. The molecule has 0 saturated heterocycles. The monoisotopic (exact) mass is 353 g/mol. The minimum Gasteiger partial charge on any atom is -0.370 e. The van der Waals surface area contributed by atoms with Crippen LogP contribution in [0.15, 0.2) is 4.99 Å². The van der Waals surface area contributed by atoms with Crippen LogP contribution in [0.25, 0.3) is 0 Å². The number of aliphatic imine (C=N–C) groups is 1. The molecular formula is C13H28IN3. The number of hydrogen-bond donors (Lipinski definition) is 1. The average molecular weight is 353 g/mol. The number of nitrogens with one attached hydrogen (secondary N) is 1. The molecule has 0 saturated carbocycles. The molecule has 0 radical (unpaired) electrons. The summed E-state index contributed by atoms with van der Waals surface area (Å²) in [5.41, 5.74) is 0. The molecule has 0 rings (SSSR count). The standard InChI is InChI=1S/C13H28IN3/c1-7-8-17(6)12(4)13(15-5)16-11(3)9-10(2)14/h10-12H,7-9H2,1-6H3,(H,15,16)/t10-,11-,12+/m1/s1. The molecule has 17 heavy (non-hydrogen) atoms. The molecule has 4 heteroatoms. The summed E-state index contributed by atoms with van der Waals surface area (Å²) in [5.74, 6) is 1.10. The van der Waals surface area contributed by atoms with Crippen molar-refractivity contribution in [1.82, 2.24) is 10.2 Å². The molecule has 0 fully saturated rings. The van der Waals surface area contributed by atoms with Gasteiger partial charge in [0.2, 0.25) is 0 Å². The van der Waals surface area contributed by atoms with Crippen molar-refractivity contribution >= 4 is 28.4 Å². The number of halogens is 1. The highest BCUT2D eigenvalue weighted by molar-refractivity contribution is 14.1. The highest BCUT2D eigenvalue weighted by atomic mass is 127. The van der Waals surface area contributed by atoms with E-state index in [9.17, 15) is 0 Å². The molecule has 0 aliphatic rings. The van der Waals surface area contributed by atoms with E-state index in [2.05, 4.69) is 72.5 Å². The van der Waals surface area contributed by atoms with Crippen LogP contribution >= 0.6 is 22.6 Å². The number of alkyl halides is 1. The number of likely N-dealkylation sites (N-methyl/N-ethyl adjacent to an activating group) is 1. The second-order valence-corrected chi connectivity index (χ2v) is 6.95. The summed E-state index contributed by atoms with van der Waals surface area (Å²) in [4.78, 5) is 6.74. The first-order chi connectivity index (χ1) is 7.92. The fraction of sp³-hybridized carbons (Fsp3) is 0.923. The number of nitrogens with zero attached hydrogens (tertiary/aromatic N) is 2. The first-order valence-electron chi connectivity index (χ1n) is 6.49. The first kappa shape index (κ1) is 17.2. The lowest BCUT2D eigenvalue weighted by Crippen LogP contribution is -2.46. The van der Waals surface area contributed by atoms with Gasteiger partial charge in [-0.15, -0.1) is 0 Å². The molecule has 3 nitrogen and oxygen atoms in total. The molecule has 0 aliphatic heterocycles. The average Bonchev–Trinajstić information content (AvgIpc) is 2.24. The van der Waals surface area contributed by atoms with Crippen molar-refractivity contribution < 1.29 is 0 Å². The van der Waals surface area contributed by atoms with Crippen molar-refractivity contribution in [1.29, 1.82) is 0 Å². The summed E-state index contributed by atoms with van der Waals surface area (Å²) in [6, 6.07) is 0.852. The maximum Gasteiger partial charge on any atom is 0.113 e. The van der Waals surface area contributed by atoms with E-state index in [0.29, 0.717) is 16.0 Å². The third kappa shape index (κ3) is 7.24. The lowest BCUT2D eigenvalue weighted by atomic mass is 10.1. The maximum atomic E-state index is 4.40. The molecule has 0 spiro atoms. The molecule has 0 aliphatic carbocycles. The minimum atomic E-state index is 0.368. The van der Waals surface area contributed by atoms with Crippen LogP contribution in [0.5, 0.6) is 0 Å². The lowest BCUT2D eigenvalue weighted by molar-refractivity contribution is 0.306. The van der Waals surface area contributed by atoms with Crippen LogP contribution in [-0.4, -0.2) is 47.4 Å². The Morgan fingerprint density at radius 2 is 1.94 bits per heavy atom. The molecule has 0 aromatic heterocycles. The van der Waals surface area contributed by atoms with Gasteiger partial charge < -0.3 is 5.32 Å². The van der Waals surface area contributed by atoms with E-state index < -0.39 is 0 Å². The van der Waals surface area contributed by atoms with Gasteiger partial charge in [-0.3, -0.25) is 9.89 Å².